The predicted molar refractivity (Wildman–Crippen MR) is 120 cm³/mol. The summed E-state index contributed by atoms with van der Waals surface area (Å²) in [6, 6.07) is 7.49. The molecule has 1 aromatic carbocycles. The number of likely N-dealkylation sites (tertiary alicyclic amines) is 1. The molecule has 0 spiro atoms. The van der Waals surface area contributed by atoms with Crippen LogP contribution >= 0.6 is 0 Å². The average molecular weight is 476 g/mol. The third kappa shape index (κ3) is 5.05. The number of carbonyl (C=O) groups excluding carboxylic acids is 1. The molecule has 180 valence electrons. The van der Waals surface area contributed by atoms with E-state index in [0.717, 1.165) is 12.1 Å². The van der Waals surface area contributed by atoms with Gasteiger partial charge in [0.2, 0.25) is 0 Å². The van der Waals surface area contributed by atoms with Crippen LogP contribution in [0.4, 0.5) is 28.2 Å². The molecule has 1 N–H and O–H groups in total. The van der Waals surface area contributed by atoms with Crippen molar-refractivity contribution in [3.05, 3.63) is 54.4 Å². The lowest BCUT2D eigenvalue weighted by Gasteiger charge is -2.24. The summed E-state index contributed by atoms with van der Waals surface area (Å²) in [5, 5.41) is 3.65. The van der Waals surface area contributed by atoms with Gasteiger partial charge >= 0.3 is 12.3 Å². The van der Waals surface area contributed by atoms with Crippen LogP contribution in [0.15, 0.2) is 48.8 Å². The average Bonchev–Trinajstić information content (AvgIpc) is 3.13. The number of halogens is 4. The molecule has 2 atom stereocenters. The summed E-state index contributed by atoms with van der Waals surface area (Å²) in [6.07, 6.45) is -3.29. The van der Waals surface area contributed by atoms with Gasteiger partial charge in [0, 0.05) is 29.9 Å². The normalized spacial score (nSPS) is 18.9. The number of hydrogen-bond donors (Lipinski definition) is 1. The van der Waals surface area contributed by atoms with E-state index in [2.05, 4.69) is 15.3 Å². The summed E-state index contributed by atoms with van der Waals surface area (Å²) in [5.41, 5.74) is 0.151. The smallest absolute Gasteiger partial charge is 0.416 e. The fraction of sp³-hybridized carbons (Fsp3) is 0.375. The minimum atomic E-state index is -4.43. The van der Waals surface area contributed by atoms with E-state index < -0.39 is 35.6 Å². The molecule has 1 saturated heterocycles. The van der Waals surface area contributed by atoms with Crippen molar-refractivity contribution < 1.29 is 27.1 Å². The van der Waals surface area contributed by atoms with Crippen LogP contribution in [-0.2, 0) is 10.9 Å². The van der Waals surface area contributed by atoms with Gasteiger partial charge in [0.1, 0.15) is 17.6 Å². The van der Waals surface area contributed by atoms with E-state index in [1.165, 1.54) is 23.2 Å². The summed E-state index contributed by atoms with van der Waals surface area (Å²) in [4.78, 5) is 22.4. The molecule has 6 nitrogen and oxygen atoms in total. The van der Waals surface area contributed by atoms with E-state index in [1.807, 2.05) is 0 Å². The summed E-state index contributed by atoms with van der Waals surface area (Å²) in [7, 11) is 0. The first-order valence-corrected chi connectivity index (χ1v) is 10.7. The molecular weight excluding hydrogens is 452 g/mol. The molecule has 10 heteroatoms. The van der Waals surface area contributed by atoms with Crippen molar-refractivity contribution in [1.82, 2.24) is 14.9 Å². The van der Waals surface area contributed by atoms with Crippen molar-refractivity contribution in [1.29, 1.82) is 0 Å². The number of rotatable bonds is 3. The number of benzene rings is 1. The maximum Gasteiger partial charge on any atom is 0.416 e. The number of hydrogen-bond acceptors (Lipinski definition) is 5. The molecule has 0 aliphatic carbocycles. The topological polar surface area (TPSA) is 67.3 Å². The fourth-order valence-corrected chi connectivity index (χ4v) is 3.79. The van der Waals surface area contributed by atoms with Gasteiger partial charge in [-0.05, 0) is 50.6 Å². The van der Waals surface area contributed by atoms with E-state index in [0.29, 0.717) is 27.8 Å². The molecule has 3 aromatic rings. The van der Waals surface area contributed by atoms with E-state index in [1.54, 1.807) is 39.1 Å². The van der Waals surface area contributed by atoms with Gasteiger partial charge in [-0.1, -0.05) is 12.1 Å². The molecule has 0 unspecified atom stereocenters. The summed E-state index contributed by atoms with van der Waals surface area (Å²) >= 11 is 0. The lowest BCUT2D eigenvalue weighted by molar-refractivity contribution is -0.137. The largest absolute Gasteiger partial charge is 0.444 e. The summed E-state index contributed by atoms with van der Waals surface area (Å²) in [5.74, 6) is 0.373. The number of amides is 1. The Labute approximate surface area is 193 Å². The molecule has 1 amide bonds. The standard InChI is InChI=1S/C24H24F4N4O2/c1-23(2,3)34-22(33)32-12-18(25)19(13-32)31-21-16-5-4-10-29-20(16)17(11-30-21)14-6-8-15(9-7-14)24(26,27)28/h4-11,18-19H,12-13H2,1-3H3,(H,30,31)/t18-,19+/m0/s1. The van der Waals surface area contributed by atoms with Gasteiger partial charge in [-0.15, -0.1) is 0 Å². The Hall–Kier alpha value is -3.43. The van der Waals surface area contributed by atoms with Crippen LogP contribution in [0.25, 0.3) is 22.0 Å². The lowest BCUT2D eigenvalue weighted by atomic mass is 10.0. The molecular formula is C24H24F4N4O2. The van der Waals surface area contributed by atoms with Crippen LogP contribution in [0.3, 0.4) is 0 Å². The van der Waals surface area contributed by atoms with Gasteiger partial charge in [-0.3, -0.25) is 4.98 Å². The number of nitrogens with one attached hydrogen (secondary N) is 1. The molecule has 0 saturated carbocycles. The highest BCUT2D eigenvalue weighted by molar-refractivity contribution is 5.99. The van der Waals surface area contributed by atoms with Crippen LogP contribution in [0.2, 0.25) is 0 Å². The Morgan fingerprint density at radius 1 is 1.09 bits per heavy atom. The number of fused-ring (bicyclic) bond motifs is 1. The number of ether oxygens (including phenoxy) is 1. The monoisotopic (exact) mass is 476 g/mol. The first-order chi connectivity index (χ1) is 15.9. The Morgan fingerprint density at radius 3 is 2.44 bits per heavy atom. The zero-order valence-corrected chi connectivity index (χ0v) is 18.9. The second-order valence-corrected chi connectivity index (χ2v) is 9.15. The van der Waals surface area contributed by atoms with Crippen LogP contribution in [-0.4, -0.2) is 51.9 Å². The van der Waals surface area contributed by atoms with Crippen molar-refractivity contribution >= 4 is 22.8 Å². The number of nitrogens with zero attached hydrogens (tertiary/aromatic N) is 3. The van der Waals surface area contributed by atoms with E-state index in [-0.39, 0.29) is 13.1 Å². The first-order valence-electron chi connectivity index (χ1n) is 10.7. The molecule has 0 radical (unpaired) electrons. The lowest BCUT2D eigenvalue weighted by Crippen LogP contribution is -2.36. The van der Waals surface area contributed by atoms with Crippen molar-refractivity contribution in [3.63, 3.8) is 0 Å². The highest BCUT2D eigenvalue weighted by Crippen LogP contribution is 2.34. The molecule has 1 aliphatic heterocycles. The zero-order valence-electron chi connectivity index (χ0n) is 18.9. The van der Waals surface area contributed by atoms with Gasteiger partial charge in [-0.2, -0.15) is 13.2 Å². The van der Waals surface area contributed by atoms with Gasteiger partial charge in [0.25, 0.3) is 0 Å². The number of carbonyl (C=O) groups is 1. The highest BCUT2D eigenvalue weighted by Gasteiger charge is 2.38. The quantitative estimate of drug-likeness (QED) is 0.493. The van der Waals surface area contributed by atoms with Gasteiger partial charge in [0.05, 0.1) is 23.7 Å². The number of anilines is 1. The number of aromatic nitrogens is 2. The van der Waals surface area contributed by atoms with E-state index >= 15 is 0 Å². The molecule has 0 bridgehead atoms. The zero-order chi connectivity index (χ0) is 24.7. The number of alkyl halides is 4. The van der Waals surface area contributed by atoms with Crippen LogP contribution < -0.4 is 5.32 Å². The van der Waals surface area contributed by atoms with Gasteiger partial charge in [-0.25, -0.2) is 14.2 Å². The van der Waals surface area contributed by atoms with Crippen LogP contribution in [0.1, 0.15) is 26.3 Å². The Bertz CT molecular complexity index is 1190. The summed E-state index contributed by atoms with van der Waals surface area (Å²) < 4.78 is 58.8. The van der Waals surface area contributed by atoms with Crippen LogP contribution in [0, 0.1) is 0 Å². The molecule has 1 fully saturated rings. The molecule has 4 rings (SSSR count). The third-order valence-electron chi connectivity index (χ3n) is 5.39. The van der Waals surface area contributed by atoms with Crippen LogP contribution in [0.5, 0.6) is 0 Å². The minimum Gasteiger partial charge on any atom is -0.444 e. The molecule has 34 heavy (non-hydrogen) atoms. The van der Waals surface area contributed by atoms with E-state index in [9.17, 15) is 22.4 Å². The van der Waals surface area contributed by atoms with Gasteiger partial charge in [0.15, 0.2) is 0 Å². The van der Waals surface area contributed by atoms with Crippen molar-refractivity contribution in [3.8, 4) is 11.1 Å². The predicted octanol–water partition coefficient (Wildman–Crippen LogP) is 5.68. The second-order valence-electron chi connectivity index (χ2n) is 9.15. The second kappa shape index (κ2) is 8.73. The maximum absolute atomic E-state index is 14.7. The highest BCUT2D eigenvalue weighted by atomic mass is 19.4. The maximum atomic E-state index is 14.7. The molecule has 2 aromatic heterocycles. The Morgan fingerprint density at radius 2 is 1.79 bits per heavy atom. The first kappa shape index (κ1) is 23.7. The molecule has 1 aliphatic rings. The fourth-order valence-electron chi connectivity index (χ4n) is 3.79. The van der Waals surface area contributed by atoms with Crippen molar-refractivity contribution in [2.24, 2.45) is 0 Å². The SMILES string of the molecule is CC(C)(C)OC(=O)N1C[C@H](F)[C@H](Nc2ncc(-c3ccc(C(F)(F)F)cc3)c3ncccc23)C1. The van der Waals surface area contributed by atoms with E-state index in [4.69, 9.17) is 4.74 Å². The van der Waals surface area contributed by atoms with Gasteiger partial charge < -0.3 is 15.0 Å². The Balaban J connectivity index is 1.59. The van der Waals surface area contributed by atoms with Crippen molar-refractivity contribution in [2.45, 2.75) is 44.8 Å². The van der Waals surface area contributed by atoms with Crippen molar-refractivity contribution in [2.75, 3.05) is 18.4 Å². The minimum absolute atomic E-state index is 0.0974. The Kier molecular flexibility index (Phi) is 6.09. The summed E-state index contributed by atoms with van der Waals surface area (Å²) in [6.45, 7) is 5.22. The molecule has 3 heterocycles. The third-order valence-corrected chi connectivity index (χ3v) is 5.39. The number of pyridine rings is 2.